The maximum atomic E-state index is 13.1. The fourth-order valence-electron chi connectivity index (χ4n) is 3.30. The van der Waals surface area contributed by atoms with E-state index in [9.17, 15) is 4.79 Å². The van der Waals surface area contributed by atoms with E-state index in [1.54, 1.807) is 0 Å². The van der Waals surface area contributed by atoms with Crippen LogP contribution in [0, 0.1) is 6.92 Å². The largest absolute Gasteiger partial charge is 0.289 e. The van der Waals surface area contributed by atoms with Crippen molar-refractivity contribution in [3.05, 3.63) is 107 Å². The van der Waals surface area contributed by atoms with Crippen molar-refractivity contribution in [1.82, 2.24) is 0 Å². The molecule has 0 radical (unpaired) electrons. The molecule has 0 saturated heterocycles. The van der Waals surface area contributed by atoms with Crippen molar-refractivity contribution < 1.29 is 4.79 Å². The normalized spacial score (nSPS) is 13.3. The monoisotopic (exact) mass is 296 g/mol. The van der Waals surface area contributed by atoms with Crippen LogP contribution in [0.25, 0.3) is 11.1 Å². The highest BCUT2D eigenvalue weighted by molar-refractivity contribution is 6.41. The van der Waals surface area contributed by atoms with Crippen LogP contribution in [0.15, 0.2) is 78.9 Å². The number of aryl methyl sites for hydroxylation is 1. The summed E-state index contributed by atoms with van der Waals surface area (Å²) in [4.78, 5) is 13.1. The molecule has 1 aliphatic carbocycles. The minimum Gasteiger partial charge on any atom is -0.289 e. The van der Waals surface area contributed by atoms with E-state index in [0.29, 0.717) is 0 Å². The third-order valence-electron chi connectivity index (χ3n) is 4.39. The topological polar surface area (TPSA) is 17.1 Å². The Morgan fingerprint density at radius 2 is 1.13 bits per heavy atom. The number of Topliss-reactive ketones (excluding diaryl/α,β-unsaturated/α-hetero) is 1. The zero-order valence-electron chi connectivity index (χ0n) is 12.9. The highest BCUT2D eigenvalue weighted by atomic mass is 16.1. The van der Waals surface area contributed by atoms with Crippen LogP contribution in [0.2, 0.25) is 0 Å². The molecule has 0 saturated carbocycles. The maximum absolute atomic E-state index is 13.1. The third kappa shape index (κ3) is 2.13. The zero-order valence-corrected chi connectivity index (χ0v) is 12.9. The van der Waals surface area contributed by atoms with E-state index in [1.165, 1.54) is 0 Å². The van der Waals surface area contributed by atoms with Gasteiger partial charge < -0.3 is 0 Å². The van der Waals surface area contributed by atoms with E-state index < -0.39 is 0 Å². The molecule has 0 atom stereocenters. The SMILES string of the molecule is Cc1ccccc1C1=C(c2ccccc2)c2ccccc2C1=O. The molecule has 0 spiro atoms. The van der Waals surface area contributed by atoms with E-state index in [4.69, 9.17) is 0 Å². The molecule has 1 heteroatoms. The number of carbonyl (C=O) groups excluding carboxylic acids is 1. The number of rotatable bonds is 2. The Balaban J connectivity index is 2.07. The molecule has 0 aromatic heterocycles. The van der Waals surface area contributed by atoms with Gasteiger partial charge in [-0.1, -0.05) is 78.9 Å². The Labute approximate surface area is 135 Å². The number of allylic oxidation sites excluding steroid dienone is 1. The van der Waals surface area contributed by atoms with Gasteiger partial charge >= 0.3 is 0 Å². The fourth-order valence-corrected chi connectivity index (χ4v) is 3.30. The van der Waals surface area contributed by atoms with Crippen LogP contribution < -0.4 is 0 Å². The lowest BCUT2D eigenvalue weighted by molar-refractivity contribution is 0.105. The van der Waals surface area contributed by atoms with Gasteiger partial charge in [0.1, 0.15) is 0 Å². The van der Waals surface area contributed by atoms with Gasteiger partial charge in [-0.05, 0) is 29.2 Å². The van der Waals surface area contributed by atoms with Gasteiger partial charge in [-0.3, -0.25) is 4.79 Å². The van der Waals surface area contributed by atoms with Gasteiger partial charge in [0.15, 0.2) is 5.78 Å². The Morgan fingerprint density at radius 3 is 1.83 bits per heavy atom. The molecule has 3 aromatic rings. The zero-order chi connectivity index (χ0) is 15.8. The van der Waals surface area contributed by atoms with Crippen molar-refractivity contribution in [2.24, 2.45) is 0 Å². The van der Waals surface area contributed by atoms with Crippen LogP contribution >= 0.6 is 0 Å². The average molecular weight is 296 g/mol. The molecule has 3 aromatic carbocycles. The van der Waals surface area contributed by atoms with Gasteiger partial charge in [0, 0.05) is 16.7 Å². The van der Waals surface area contributed by atoms with Crippen molar-refractivity contribution in [1.29, 1.82) is 0 Å². The number of hydrogen-bond acceptors (Lipinski definition) is 1. The molecule has 0 amide bonds. The van der Waals surface area contributed by atoms with E-state index >= 15 is 0 Å². The van der Waals surface area contributed by atoms with E-state index in [2.05, 4.69) is 25.1 Å². The maximum Gasteiger partial charge on any atom is 0.194 e. The minimum atomic E-state index is 0.119. The summed E-state index contributed by atoms with van der Waals surface area (Å²) in [6.45, 7) is 2.06. The van der Waals surface area contributed by atoms with Crippen LogP contribution in [0.5, 0.6) is 0 Å². The van der Waals surface area contributed by atoms with Crippen molar-refractivity contribution in [2.45, 2.75) is 6.92 Å². The Bertz CT molecular complexity index is 933. The standard InChI is InChI=1S/C22H16O/c1-15-9-5-6-12-17(15)21-20(16-10-3-2-4-11-16)18-13-7-8-14-19(18)22(21)23/h2-14H,1H3. The molecule has 1 aliphatic rings. The second kappa shape index (κ2) is 5.36. The highest BCUT2D eigenvalue weighted by Crippen LogP contribution is 2.42. The highest BCUT2D eigenvalue weighted by Gasteiger charge is 2.31. The van der Waals surface area contributed by atoms with Crippen LogP contribution in [-0.2, 0) is 0 Å². The quantitative estimate of drug-likeness (QED) is 0.639. The predicted molar refractivity (Wildman–Crippen MR) is 94.3 cm³/mol. The van der Waals surface area contributed by atoms with Crippen molar-refractivity contribution >= 4 is 16.9 Å². The van der Waals surface area contributed by atoms with Gasteiger partial charge in [-0.25, -0.2) is 0 Å². The molecule has 1 nitrogen and oxygen atoms in total. The van der Waals surface area contributed by atoms with Crippen LogP contribution in [0.1, 0.15) is 32.6 Å². The van der Waals surface area contributed by atoms with Crippen molar-refractivity contribution in [3.63, 3.8) is 0 Å². The van der Waals surface area contributed by atoms with E-state index in [-0.39, 0.29) is 5.78 Å². The molecule has 0 heterocycles. The molecule has 23 heavy (non-hydrogen) atoms. The number of fused-ring (bicyclic) bond motifs is 1. The molecule has 0 fully saturated rings. The van der Waals surface area contributed by atoms with Gasteiger partial charge in [0.25, 0.3) is 0 Å². The van der Waals surface area contributed by atoms with E-state index in [0.717, 1.165) is 39.0 Å². The van der Waals surface area contributed by atoms with Gasteiger partial charge in [-0.15, -0.1) is 0 Å². The first kappa shape index (κ1) is 13.7. The summed E-state index contributed by atoms with van der Waals surface area (Å²) >= 11 is 0. The second-order valence-electron chi connectivity index (χ2n) is 5.81. The number of carbonyl (C=O) groups is 1. The summed E-state index contributed by atoms with van der Waals surface area (Å²) in [6, 6.07) is 26.2. The summed E-state index contributed by atoms with van der Waals surface area (Å²) < 4.78 is 0. The first-order valence-electron chi connectivity index (χ1n) is 7.77. The summed E-state index contributed by atoms with van der Waals surface area (Å²) in [7, 11) is 0. The molecule has 0 aliphatic heterocycles. The van der Waals surface area contributed by atoms with Gasteiger partial charge in [0.2, 0.25) is 0 Å². The van der Waals surface area contributed by atoms with Crippen LogP contribution in [0.3, 0.4) is 0 Å². The molecule has 110 valence electrons. The van der Waals surface area contributed by atoms with Gasteiger partial charge in [-0.2, -0.15) is 0 Å². The van der Waals surface area contributed by atoms with E-state index in [1.807, 2.05) is 60.7 Å². The predicted octanol–water partition coefficient (Wildman–Crippen LogP) is 5.15. The minimum absolute atomic E-state index is 0.119. The Kier molecular flexibility index (Phi) is 3.20. The average Bonchev–Trinajstić information content (AvgIpc) is 2.89. The summed E-state index contributed by atoms with van der Waals surface area (Å²) in [5.74, 6) is 0.119. The first-order chi connectivity index (χ1) is 11.3. The van der Waals surface area contributed by atoms with Crippen molar-refractivity contribution in [2.75, 3.05) is 0 Å². The molecule has 0 unspecified atom stereocenters. The fraction of sp³-hybridized carbons (Fsp3) is 0.0455. The van der Waals surface area contributed by atoms with Crippen molar-refractivity contribution in [3.8, 4) is 0 Å². The van der Waals surface area contributed by atoms with Crippen LogP contribution in [0.4, 0.5) is 0 Å². The smallest absolute Gasteiger partial charge is 0.194 e. The summed E-state index contributed by atoms with van der Waals surface area (Å²) in [6.07, 6.45) is 0. The first-order valence-corrected chi connectivity index (χ1v) is 7.77. The lowest BCUT2D eigenvalue weighted by Crippen LogP contribution is -2.00. The van der Waals surface area contributed by atoms with Gasteiger partial charge in [0.05, 0.1) is 0 Å². The third-order valence-corrected chi connectivity index (χ3v) is 4.39. The number of ketones is 1. The second-order valence-corrected chi connectivity index (χ2v) is 5.81. The molecular weight excluding hydrogens is 280 g/mol. The number of benzene rings is 3. The molecule has 4 rings (SSSR count). The Morgan fingerprint density at radius 1 is 0.565 bits per heavy atom. The number of hydrogen-bond donors (Lipinski definition) is 0. The molecule has 0 bridgehead atoms. The summed E-state index contributed by atoms with van der Waals surface area (Å²) in [5, 5.41) is 0. The molecular formula is C22H16O. The van der Waals surface area contributed by atoms with Crippen LogP contribution in [-0.4, -0.2) is 5.78 Å². The lowest BCUT2D eigenvalue weighted by atomic mass is 9.92. The Hall–Kier alpha value is -2.93. The lowest BCUT2D eigenvalue weighted by Gasteiger charge is -2.10. The summed E-state index contributed by atoms with van der Waals surface area (Å²) in [5.41, 5.74) is 6.91. The molecule has 0 N–H and O–H groups in total.